The fraction of sp³-hybridized carbons (Fsp3) is 0.370. The summed E-state index contributed by atoms with van der Waals surface area (Å²) >= 11 is 0. The molecule has 1 aliphatic rings. The summed E-state index contributed by atoms with van der Waals surface area (Å²) in [5, 5.41) is 16.9. The standard InChI is InChI=1S/C27H26F6N6O3/c1-16-5-7-17(8-6-16)20-15-25(27(31,32)33,35-23(41)21(20)22(40)34-24-36-38-39-37-24)18-9-11-19(12-10-18)42-14-4-2-3-13-26(28,29)30/h5-12H,2-4,13-15H2,1H3,(H,35,41)(H2,34,36,37,38,39,40)/t25-/m0/s1. The second-order valence-corrected chi connectivity index (χ2v) is 9.74. The van der Waals surface area contributed by atoms with Crippen molar-refractivity contribution in [3.63, 3.8) is 0 Å². The van der Waals surface area contributed by atoms with Gasteiger partial charge in [0.2, 0.25) is 0 Å². The Morgan fingerprint density at radius 3 is 2.29 bits per heavy atom. The molecule has 224 valence electrons. The molecule has 4 rings (SSSR count). The number of amides is 2. The van der Waals surface area contributed by atoms with Crippen molar-refractivity contribution in [1.82, 2.24) is 25.9 Å². The molecule has 2 heterocycles. The van der Waals surface area contributed by atoms with Crippen molar-refractivity contribution in [3.05, 3.63) is 70.8 Å². The van der Waals surface area contributed by atoms with E-state index >= 15 is 0 Å². The fourth-order valence-electron chi connectivity index (χ4n) is 4.55. The first-order chi connectivity index (χ1) is 19.8. The molecule has 0 spiro atoms. The molecule has 0 saturated heterocycles. The molecule has 0 unspecified atom stereocenters. The predicted molar refractivity (Wildman–Crippen MR) is 138 cm³/mol. The maximum Gasteiger partial charge on any atom is 0.416 e. The summed E-state index contributed by atoms with van der Waals surface area (Å²) in [5.41, 5.74) is -2.81. The highest BCUT2D eigenvalue weighted by Crippen LogP contribution is 2.48. The largest absolute Gasteiger partial charge is 0.494 e. The SMILES string of the molecule is Cc1ccc(C2=C(C(=O)Nc3nn[nH]n3)C(=O)N[C@@](c3ccc(OCCCCCC(F)(F)F)cc3)(C(F)(F)F)C2)cc1. The fourth-order valence-corrected chi connectivity index (χ4v) is 4.55. The van der Waals surface area contributed by atoms with Gasteiger partial charge in [-0.05, 0) is 60.2 Å². The minimum atomic E-state index is -4.99. The van der Waals surface area contributed by atoms with E-state index in [1.165, 1.54) is 24.3 Å². The molecule has 9 nitrogen and oxygen atoms in total. The van der Waals surface area contributed by atoms with Gasteiger partial charge in [0.25, 0.3) is 17.8 Å². The van der Waals surface area contributed by atoms with Crippen molar-refractivity contribution in [1.29, 1.82) is 0 Å². The van der Waals surface area contributed by atoms with Crippen LogP contribution in [0.3, 0.4) is 0 Å². The number of alkyl halides is 6. The second kappa shape index (κ2) is 12.2. The molecular formula is C27H26F6N6O3. The first-order valence-corrected chi connectivity index (χ1v) is 12.8. The molecule has 0 aliphatic carbocycles. The molecular weight excluding hydrogens is 570 g/mol. The summed E-state index contributed by atoms with van der Waals surface area (Å²) in [4.78, 5) is 26.4. The van der Waals surface area contributed by atoms with Gasteiger partial charge < -0.3 is 10.1 Å². The summed E-state index contributed by atoms with van der Waals surface area (Å²) < 4.78 is 86.9. The van der Waals surface area contributed by atoms with Crippen molar-refractivity contribution >= 4 is 23.3 Å². The number of aryl methyl sites for hydroxylation is 1. The van der Waals surface area contributed by atoms with Gasteiger partial charge in [0.05, 0.1) is 6.61 Å². The lowest BCUT2D eigenvalue weighted by Crippen LogP contribution is -2.59. The van der Waals surface area contributed by atoms with E-state index in [0.29, 0.717) is 6.42 Å². The van der Waals surface area contributed by atoms with Crippen LogP contribution in [-0.2, 0) is 15.1 Å². The third-order valence-electron chi connectivity index (χ3n) is 6.70. The van der Waals surface area contributed by atoms with E-state index in [9.17, 15) is 35.9 Å². The summed E-state index contributed by atoms with van der Waals surface area (Å²) in [6.07, 6.45) is -10.4. The zero-order valence-corrected chi connectivity index (χ0v) is 22.2. The monoisotopic (exact) mass is 596 g/mol. The molecule has 1 atom stereocenters. The number of carbonyl (C=O) groups excluding carboxylic acids is 2. The molecule has 1 aliphatic heterocycles. The molecule has 1 aromatic heterocycles. The van der Waals surface area contributed by atoms with Gasteiger partial charge in [-0.2, -0.15) is 31.6 Å². The Balaban J connectivity index is 1.62. The highest BCUT2D eigenvalue weighted by Gasteiger charge is 2.60. The first-order valence-electron chi connectivity index (χ1n) is 12.8. The Morgan fingerprint density at radius 1 is 1.00 bits per heavy atom. The third kappa shape index (κ3) is 7.06. The van der Waals surface area contributed by atoms with Crippen LogP contribution in [0.5, 0.6) is 5.75 Å². The summed E-state index contributed by atoms with van der Waals surface area (Å²) in [6, 6.07) is 11.2. The molecule has 2 amide bonds. The van der Waals surface area contributed by atoms with Crippen molar-refractivity contribution in [3.8, 4) is 5.75 Å². The van der Waals surface area contributed by atoms with E-state index in [-0.39, 0.29) is 47.8 Å². The van der Waals surface area contributed by atoms with Crippen LogP contribution in [0.15, 0.2) is 54.1 Å². The van der Waals surface area contributed by atoms with E-state index in [1.54, 1.807) is 19.1 Å². The van der Waals surface area contributed by atoms with Gasteiger partial charge in [-0.1, -0.05) is 47.1 Å². The van der Waals surface area contributed by atoms with E-state index in [2.05, 4.69) is 25.9 Å². The van der Waals surface area contributed by atoms with Crippen LogP contribution in [-0.4, -0.2) is 51.4 Å². The Bertz CT molecular complexity index is 1420. The van der Waals surface area contributed by atoms with Gasteiger partial charge >= 0.3 is 12.4 Å². The van der Waals surface area contributed by atoms with E-state index < -0.39 is 48.1 Å². The van der Waals surface area contributed by atoms with Crippen molar-refractivity contribution in [2.75, 3.05) is 11.9 Å². The minimum absolute atomic E-state index is 0.0501. The van der Waals surface area contributed by atoms with Crippen molar-refractivity contribution in [2.24, 2.45) is 0 Å². The number of nitrogens with one attached hydrogen (secondary N) is 3. The smallest absolute Gasteiger partial charge is 0.416 e. The Hall–Kier alpha value is -4.43. The number of aromatic nitrogens is 4. The van der Waals surface area contributed by atoms with Crippen LogP contribution >= 0.6 is 0 Å². The average Bonchev–Trinajstić information content (AvgIpc) is 3.42. The lowest BCUT2D eigenvalue weighted by molar-refractivity contribution is -0.201. The average molecular weight is 597 g/mol. The van der Waals surface area contributed by atoms with Gasteiger partial charge in [0.1, 0.15) is 11.3 Å². The van der Waals surface area contributed by atoms with Gasteiger partial charge in [-0.3, -0.25) is 14.9 Å². The number of H-pyrrole nitrogens is 1. The quantitative estimate of drug-likeness (QED) is 0.164. The van der Waals surface area contributed by atoms with Crippen LogP contribution in [0.25, 0.3) is 5.57 Å². The minimum Gasteiger partial charge on any atom is -0.494 e. The van der Waals surface area contributed by atoms with Gasteiger partial charge in [-0.15, -0.1) is 5.10 Å². The number of rotatable bonds is 10. The van der Waals surface area contributed by atoms with E-state index in [4.69, 9.17) is 4.74 Å². The first kappa shape index (κ1) is 30.5. The number of hydrogen-bond donors (Lipinski definition) is 3. The molecule has 0 saturated carbocycles. The Labute approximate surface area is 235 Å². The number of ether oxygens (including phenoxy) is 1. The maximum absolute atomic E-state index is 14.9. The molecule has 0 radical (unpaired) electrons. The molecule has 3 aromatic rings. The molecule has 42 heavy (non-hydrogen) atoms. The van der Waals surface area contributed by atoms with Crippen LogP contribution in [0.4, 0.5) is 32.3 Å². The normalized spacial score (nSPS) is 17.6. The van der Waals surface area contributed by atoms with Crippen molar-refractivity contribution in [2.45, 2.75) is 56.9 Å². The number of halogens is 6. The van der Waals surface area contributed by atoms with Crippen LogP contribution in [0.1, 0.15) is 48.8 Å². The number of aromatic amines is 1. The molecule has 2 aromatic carbocycles. The summed E-state index contributed by atoms with van der Waals surface area (Å²) in [7, 11) is 0. The highest BCUT2D eigenvalue weighted by molar-refractivity contribution is 6.28. The van der Waals surface area contributed by atoms with Crippen LogP contribution in [0, 0.1) is 6.92 Å². The maximum atomic E-state index is 14.9. The number of unbranched alkanes of at least 4 members (excludes halogenated alkanes) is 2. The predicted octanol–water partition coefficient (Wildman–Crippen LogP) is 5.38. The Kier molecular flexibility index (Phi) is 8.87. The zero-order valence-electron chi connectivity index (χ0n) is 22.2. The second-order valence-electron chi connectivity index (χ2n) is 9.74. The topological polar surface area (TPSA) is 122 Å². The third-order valence-corrected chi connectivity index (χ3v) is 6.70. The van der Waals surface area contributed by atoms with Crippen LogP contribution < -0.4 is 15.4 Å². The van der Waals surface area contributed by atoms with Gasteiger partial charge in [0.15, 0.2) is 5.54 Å². The summed E-state index contributed by atoms with van der Waals surface area (Å²) in [6.45, 7) is 1.86. The van der Waals surface area contributed by atoms with E-state index in [1.807, 2.05) is 5.32 Å². The molecule has 15 heteroatoms. The van der Waals surface area contributed by atoms with Crippen molar-refractivity contribution < 1.29 is 40.7 Å². The number of nitrogens with zero attached hydrogens (tertiary/aromatic N) is 3. The zero-order chi connectivity index (χ0) is 30.5. The van der Waals surface area contributed by atoms with Gasteiger partial charge in [0, 0.05) is 12.8 Å². The van der Waals surface area contributed by atoms with Crippen LogP contribution in [0.2, 0.25) is 0 Å². The molecule has 3 N–H and O–H groups in total. The van der Waals surface area contributed by atoms with E-state index in [0.717, 1.165) is 17.7 Å². The summed E-state index contributed by atoms with van der Waals surface area (Å²) in [5.74, 6) is -2.33. The number of hydrogen-bond acceptors (Lipinski definition) is 6. The lowest BCUT2D eigenvalue weighted by Gasteiger charge is -2.41. The molecule has 0 bridgehead atoms. The number of benzene rings is 2. The number of carbonyl (C=O) groups is 2. The molecule has 0 fully saturated rings. The number of anilines is 1. The Morgan fingerprint density at radius 2 is 1.69 bits per heavy atom. The van der Waals surface area contributed by atoms with Gasteiger partial charge in [-0.25, -0.2) is 0 Å². The number of tetrazole rings is 1. The highest BCUT2D eigenvalue weighted by atomic mass is 19.4. The lowest BCUT2D eigenvalue weighted by atomic mass is 9.76.